The van der Waals surface area contributed by atoms with E-state index in [-0.39, 0.29) is 0 Å². The summed E-state index contributed by atoms with van der Waals surface area (Å²) < 4.78 is 5.81. The molecule has 0 aromatic heterocycles. The van der Waals surface area contributed by atoms with Gasteiger partial charge in [0.2, 0.25) is 0 Å². The molecule has 0 radical (unpaired) electrons. The van der Waals surface area contributed by atoms with Crippen molar-refractivity contribution in [3.8, 4) is 16.9 Å². The molecule has 2 aromatic rings. The Bertz CT molecular complexity index is 601. The Labute approximate surface area is 141 Å². The summed E-state index contributed by atoms with van der Waals surface area (Å²) in [7, 11) is 0. The zero-order valence-electron chi connectivity index (χ0n) is 12.3. The van der Waals surface area contributed by atoms with Crippen molar-refractivity contribution in [3.05, 3.63) is 52.5 Å². The molecule has 1 heterocycles. The van der Waals surface area contributed by atoms with Crippen molar-refractivity contribution < 1.29 is 4.74 Å². The molecule has 0 bridgehead atoms. The molecule has 116 valence electrons. The van der Waals surface area contributed by atoms with Crippen molar-refractivity contribution in [2.45, 2.75) is 25.3 Å². The minimum Gasteiger partial charge on any atom is -0.494 e. The van der Waals surface area contributed by atoms with Crippen LogP contribution in [-0.2, 0) is 0 Å². The molecule has 0 aliphatic carbocycles. The first-order valence-corrected chi connectivity index (χ1v) is 8.40. The molecule has 1 aliphatic rings. The van der Waals surface area contributed by atoms with Crippen molar-refractivity contribution in [1.82, 2.24) is 5.32 Å². The number of hydrogen-bond donors (Lipinski definition) is 1. The highest BCUT2D eigenvalue weighted by molar-refractivity contribution is 6.39. The molecule has 0 saturated carbocycles. The average Bonchev–Trinajstić information content (AvgIpc) is 3.02. The normalized spacial score (nSPS) is 17.6. The van der Waals surface area contributed by atoms with E-state index in [0.717, 1.165) is 36.4 Å². The predicted octanol–water partition coefficient (Wildman–Crippen LogP) is 5.18. The van der Waals surface area contributed by atoms with Gasteiger partial charge in [-0.2, -0.15) is 0 Å². The second-order valence-corrected chi connectivity index (χ2v) is 6.37. The summed E-state index contributed by atoms with van der Waals surface area (Å²) in [5.74, 6) is 0.880. The number of hydrogen-bond acceptors (Lipinski definition) is 2. The van der Waals surface area contributed by atoms with Crippen LogP contribution in [0, 0.1) is 0 Å². The topological polar surface area (TPSA) is 21.3 Å². The van der Waals surface area contributed by atoms with Gasteiger partial charge in [-0.15, -0.1) is 0 Å². The van der Waals surface area contributed by atoms with Gasteiger partial charge in [-0.05, 0) is 55.6 Å². The standard InChI is InChI=1S/C18H19Cl2NO/c19-16-4-1-5-17(20)18(16)13-6-8-15(9-7-13)22-12-10-14-3-2-11-21-14/h1,4-9,14,21H,2-3,10-12H2. The van der Waals surface area contributed by atoms with Crippen molar-refractivity contribution in [3.63, 3.8) is 0 Å². The molecular weight excluding hydrogens is 317 g/mol. The third-order valence-corrected chi connectivity index (χ3v) is 4.63. The van der Waals surface area contributed by atoms with Crippen molar-refractivity contribution in [2.24, 2.45) is 0 Å². The summed E-state index contributed by atoms with van der Waals surface area (Å²) in [6, 6.07) is 14.1. The second kappa shape index (κ2) is 7.36. The van der Waals surface area contributed by atoms with Crippen LogP contribution in [0.25, 0.3) is 11.1 Å². The van der Waals surface area contributed by atoms with Crippen LogP contribution < -0.4 is 10.1 Å². The Morgan fingerprint density at radius 3 is 2.41 bits per heavy atom. The van der Waals surface area contributed by atoms with Crippen LogP contribution in [0.5, 0.6) is 5.75 Å². The quantitative estimate of drug-likeness (QED) is 0.812. The maximum Gasteiger partial charge on any atom is 0.119 e. The second-order valence-electron chi connectivity index (χ2n) is 5.55. The first-order valence-electron chi connectivity index (χ1n) is 7.64. The van der Waals surface area contributed by atoms with Crippen molar-refractivity contribution >= 4 is 23.2 Å². The monoisotopic (exact) mass is 335 g/mol. The molecule has 2 aromatic carbocycles. The van der Waals surface area contributed by atoms with Gasteiger partial charge in [0.1, 0.15) is 5.75 Å². The summed E-state index contributed by atoms with van der Waals surface area (Å²) in [5.41, 5.74) is 1.87. The van der Waals surface area contributed by atoms with E-state index < -0.39 is 0 Å². The Morgan fingerprint density at radius 2 is 1.77 bits per heavy atom. The smallest absolute Gasteiger partial charge is 0.119 e. The minimum atomic E-state index is 0.612. The van der Waals surface area contributed by atoms with Crippen LogP contribution >= 0.6 is 23.2 Å². The largest absolute Gasteiger partial charge is 0.494 e. The number of rotatable bonds is 5. The lowest BCUT2D eigenvalue weighted by Gasteiger charge is -2.12. The van der Waals surface area contributed by atoms with Gasteiger partial charge in [0.05, 0.1) is 6.61 Å². The summed E-state index contributed by atoms with van der Waals surface area (Å²) >= 11 is 12.5. The maximum absolute atomic E-state index is 6.24. The summed E-state index contributed by atoms with van der Waals surface area (Å²) in [5, 5.41) is 4.80. The van der Waals surface area contributed by atoms with E-state index in [1.807, 2.05) is 42.5 Å². The molecule has 1 saturated heterocycles. The molecule has 4 heteroatoms. The highest BCUT2D eigenvalue weighted by atomic mass is 35.5. The van der Waals surface area contributed by atoms with Crippen LogP contribution in [-0.4, -0.2) is 19.2 Å². The Morgan fingerprint density at radius 1 is 1.05 bits per heavy atom. The molecule has 0 spiro atoms. The zero-order chi connectivity index (χ0) is 15.4. The third kappa shape index (κ3) is 3.75. The number of ether oxygens (including phenoxy) is 1. The van der Waals surface area contributed by atoms with Gasteiger partial charge < -0.3 is 10.1 Å². The molecule has 1 unspecified atom stereocenters. The Hall–Kier alpha value is -1.22. The van der Waals surface area contributed by atoms with Crippen LogP contribution in [0.4, 0.5) is 0 Å². The number of benzene rings is 2. The number of halogens is 2. The van der Waals surface area contributed by atoms with E-state index in [1.54, 1.807) is 0 Å². The van der Waals surface area contributed by atoms with E-state index in [9.17, 15) is 0 Å². The number of nitrogens with one attached hydrogen (secondary N) is 1. The predicted molar refractivity (Wildman–Crippen MR) is 93.0 cm³/mol. The molecule has 22 heavy (non-hydrogen) atoms. The summed E-state index contributed by atoms with van der Waals surface area (Å²) in [6.07, 6.45) is 3.59. The highest BCUT2D eigenvalue weighted by Crippen LogP contribution is 2.35. The lowest BCUT2D eigenvalue weighted by Crippen LogP contribution is -2.23. The van der Waals surface area contributed by atoms with Gasteiger partial charge >= 0.3 is 0 Å². The average molecular weight is 336 g/mol. The van der Waals surface area contributed by atoms with E-state index in [1.165, 1.54) is 12.8 Å². The van der Waals surface area contributed by atoms with Crippen LogP contribution in [0.15, 0.2) is 42.5 Å². The molecular formula is C18H19Cl2NO. The first-order chi connectivity index (χ1) is 10.7. The third-order valence-electron chi connectivity index (χ3n) is 4.00. The van der Waals surface area contributed by atoms with Gasteiger partial charge in [-0.25, -0.2) is 0 Å². The van der Waals surface area contributed by atoms with Gasteiger partial charge in [-0.3, -0.25) is 0 Å². The van der Waals surface area contributed by atoms with E-state index in [0.29, 0.717) is 16.1 Å². The zero-order valence-corrected chi connectivity index (χ0v) is 13.8. The Balaban J connectivity index is 1.62. The minimum absolute atomic E-state index is 0.612. The molecule has 1 fully saturated rings. The highest BCUT2D eigenvalue weighted by Gasteiger charge is 2.13. The van der Waals surface area contributed by atoms with Crippen LogP contribution in [0.3, 0.4) is 0 Å². The SMILES string of the molecule is Clc1cccc(Cl)c1-c1ccc(OCCC2CCCN2)cc1. The van der Waals surface area contributed by atoms with Gasteiger partial charge in [0.25, 0.3) is 0 Å². The van der Waals surface area contributed by atoms with Gasteiger partial charge in [0.15, 0.2) is 0 Å². The lowest BCUT2D eigenvalue weighted by atomic mass is 10.1. The fourth-order valence-corrected chi connectivity index (χ4v) is 3.43. The van der Waals surface area contributed by atoms with Crippen LogP contribution in [0.2, 0.25) is 10.0 Å². The molecule has 1 atom stereocenters. The molecule has 2 nitrogen and oxygen atoms in total. The van der Waals surface area contributed by atoms with Crippen LogP contribution in [0.1, 0.15) is 19.3 Å². The lowest BCUT2D eigenvalue weighted by molar-refractivity contribution is 0.292. The van der Waals surface area contributed by atoms with Crippen molar-refractivity contribution in [2.75, 3.05) is 13.2 Å². The van der Waals surface area contributed by atoms with Gasteiger partial charge in [0, 0.05) is 21.7 Å². The van der Waals surface area contributed by atoms with E-state index in [4.69, 9.17) is 27.9 Å². The molecule has 3 rings (SSSR count). The fourth-order valence-electron chi connectivity index (χ4n) is 2.81. The van der Waals surface area contributed by atoms with Gasteiger partial charge in [-0.1, -0.05) is 41.4 Å². The summed E-state index contributed by atoms with van der Waals surface area (Å²) in [6.45, 7) is 1.88. The van der Waals surface area contributed by atoms with E-state index >= 15 is 0 Å². The first kappa shape index (κ1) is 15.7. The van der Waals surface area contributed by atoms with Crippen molar-refractivity contribution in [1.29, 1.82) is 0 Å². The molecule has 0 amide bonds. The Kier molecular flexibility index (Phi) is 5.24. The molecule has 1 aliphatic heterocycles. The summed E-state index contributed by atoms with van der Waals surface area (Å²) in [4.78, 5) is 0. The fraction of sp³-hybridized carbons (Fsp3) is 0.333. The molecule has 1 N–H and O–H groups in total. The maximum atomic E-state index is 6.24. The van der Waals surface area contributed by atoms with E-state index in [2.05, 4.69) is 5.32 Å².